The van der Waals surface area contributed by atoms with Crippen LogP contribution in [0.2, 0.25) is 0 Å². The Hall–Kier alpha value is -2.64. The maximum absolute atomic E-state index is 8.84. The fraction of sp³-hybridized carbons (Fsp3) is 0.407. The van der Waals surface area contributed by atoms with E-state index in [0.717, 1.165) is 34.6 Å². The lowest BCUT2D eigenvalue weighted by Crippen LogP contribution is -2.34. The summed E-state index contributed by atoms with van der Waals surface area (Å²) >= 11 is 0. The Morgan fingerprint density at radius 2 is 1.48 bits per heavy atom. The van der Waals surface area contributed by atoms with Crippen LogP contribution in [0.4, 0.5) is 0 Å². The molecule has 0 aliphatic carbocycles. The summed E-state index contributed by atoms with van der Waals surface area (Å²) in [4.78, 5) is 0. The van der Waals surface area contributed by atoms with Crippen LogP contribution in [0, 0.1) is 0 Å². The van der Waals surface area contributed by atoms with Gasteiger partial charge in [0.2, 0.25) is 0 Å². The van der Waals surface area contributed by atoms with Gasteiger partial charge in [0, 0.05) is 6.54 Å². The molecule has 0 aromatic heterocycles. The zero-order valence-electron chi connectivity index (χ0n) is 20.2. The van der Waals surface area contributed by atoms with E-state index >= 15 is 0 Å². The number of allylic oxidation sites excluding steroid dienone is 2. The molecule has 0 radical (unpaired) electrons. The predicted molar refractivity (Wildman–Crippen MR) is 132 cm³/mol. The van der Waals surface area contributed by atoms with Gasteiger partial charge >= 0.3 is 0 Å². The zero-order valence-corrected chi connectivity index (χ0v) is 20.2. The first-order chi connectivity index (χ1) is 16.2. The van der Waals surface area contributed by atoms with Crippen LogP contribution < -0.4 is 14.8 Å². The molecule has 6 heteroatoms. The van der Waals surface area contributed by atoms with E-state index in [4.69, 9.17) is 24.1 Å². The van der Waals surface area contributed by atoms with E-state index in [0.29, 0.717) is 26.4 Å². The minimum absolute atomic E-state index is 0.0632. The second kappa shape index (κ2) is 14.5. The minimum atomic E-state index is -0.842. The predicted octanol–water partition coefficient (Wildman–Crippen LogP) is 4.43. The van der Waals surface area contributed by atoms with E-state index in [1.54, 1.807) is 14.2 Å². The third-order valence-corrected chi connectivity index (χ3v) is 5.32. The highest BCUT2D eigenvalue weighted by Gasteiger charge is 2.38. The van der Waals surface area contributed by atoms with Gasteiger partial charge in [-0.3, -0.25) is 5.32 Å². The maximum Gasteiger partial charge on any atom is 0.143 e. The first kappa shape index (κ1) is 26.6. The molecule has 2 N–H and O–H groups in total. The monoisotopic (exact) mass is 455 g/mol. The zero-order chi connectivity index (χ0) is 23.9. The lowest BCUT2D eigenvalue weighted by Gasteiger charge is -2.37. The fourth-order valence-electron chi connectivity index (χ4n) is 3.64. The third-order valence-electron chi connectivity index (χ3n) is 5.32. The molecule has 0 saturated heterocycles. The number of methoxy groups -OCH3 is 2. The van der Waals surface area contributed by atoms with Gasteiger partial charge in [-0.1, -0.05) is 49.4 Å². The minimum Gasteiger partial charge on any atom is -0.497 e. The van der Waals surface area contributed by atoms with Crippen molar-refractivity contribution in [2.24, 2.45) is 0 Å². The molecule has 0 fully saturated rings. The smallest absolute Gasteiger partial charge is 0.143 e. The Morgan fingerprint density at radius 3 is 1.94 bits per heavy atom. The highest BCUT2D eigenvalue weighted by Crippen LogP contribution is 2.42. The molecule has 2 aromatic carbocycles. The number of aliphatic hydroxyl groups excluding tert-OH is 1. The van der Waals surface area contributed by atoms with Crippen molar-refractivity contribution in [1.82, 2.24) is 5.32 Å². The van der Waals surface area contributed by atoms with Gasteiger partial charge in [0.15, 0.2) is 0 Å². The highest BCUT2D eigenvalue weighted by molar-refractivity contribution is 5.51. The van der Waals surface area contributed by atoms with Gasteiger partial charge in [0.05, 0.1) is 40.8 Å². The van der Waals surface area contributed by atoms with Crippen LogP contribution in [-0.4, -0.2) is 52.4 Å². The van der Waals surface area contributed by atoms with E-state index in [2.05, 4.69) is 30.5 Å². The molecule has 2 aromatic rings. The summed E-state index contributed by atoms with van der Waals surface area (Å²) in [6, 6.07) is 16.0. The van der Waals surface area contributed by atoms with Crippen LogP contribution in [0.3, 0.4) is 0 Å². The lowest BCUT2D eigenvalue weighted by atomic mass is 9.79. The molecule has 0 bridgehead atoms. The molecular weight excluding hydrogens is 418 g/mol. The molecule has 180 valence electrons. The van der Waals surface area contributed by atoms with Crippen LogP contribution in [0.5, 0.6) is 11.5 Å². The van der Waals surface area contributed by atoms with Crippen LogP contribution in [0.15, 0.2) is 72.3 Å². The first-order valence-corrected chi connectivity index (χ1v) is 11.3. The second-order valence-corrected chi connectivity index (χ2v) is 7.31. The van der Waals surface area contributed by atoms with Crippen molar-refractivity contribution >= 4 is 0 Å². The number of benzene rings is 2. The van der Waals surface area contributed by atoms with Crippen molar-refractivity contribution in [3.8, 4) is 11.5 Å². The van der Waals surface area contributed by atoms with Crippen molar-refractivity contribution in [3.05, 3.63) is 83.5 Å². The standard InChI is InChI=1S/C27H37NO5/c1-5-7-8-22(6-2)27(23-9-13-25(30-3)14-10-23,24-11-15-26(31-4)16-12-24)33-20-19-32-18-17-28-21-29/h6-16,28-29H,5,17-21H2,1-4H3/b8-7-,22-6+. The third kappa shape index (κ3) is 7.17. The number of ether oxygens (including phenoxy) is 4. The van der Waals surface area contributed by atoms with Crippen LogP contribution in [0.1, 0.15) is 31.4 Å². The molecular formula is C27H37NO5. The largest absolute Gasteiger partial charge is 0.497 e. The number of nitrogens with one attached hydrogen (secondary N) is 1. The van der Waals surface area contributed by atoms with Gasteiger partial charge in [-0.25, -0.2) is 0 Å². The van der Waals surface area contributed by atoms with Crippen LogP contribution in [-0.2, 0) is 15.1 Å². The van der Waals surface area contributed by atoms with Gasteiger partial charge in [-0.15, -0.1) is 0 Å². The summed E-state index contributed by atoms with van der Waals surface area (Å²) in [5, 5.41) is 11.7. The average molecular weight is 456 g/mol. The molecule has 0 heterocycles. The van der Waals surface area contributed by atoms with Gasteiger partial charge in [0.25, 0.3) is 0 Å². The van der Waals surface area contributed by atoms with Gasteiger partial charge < -0.3 is 24.1 Å². The van der Waals surface area contributed by atoms with Crippen molar-refractivity contribution < 1.29 is 24.1 Å². The summed E-state index contributed by atoms with van der Waals surface area (Å²) in [5.41, 5.74) is 2.17. The molecule has 0 spiro atoms. The average Bonchev–Trinajstić information content (AvgIpc) is 2.87. The van der Waals surface area contributed by atoms with Crippen molar-refractivity contribution in [2.45, 2.75) is 25.9 Å². The Morgan fingerprint density at radius 1 is 0.909 bits per heavy atom. The topological polar surface area (TPSA) is 69.2 Å². The SMILES string of the molecule is C/C=C(\C=C/CC)C(OCCOCCNCO)(c1ccc(OC)cc1)c1ccc(OC)cc1. The van der Waals surface area contributed by atoms with Crippen LogP contribution in [0.25, 0.3) is 0 Å². The second-order valence-electron chi connectivity index (χ2n) is 7.31. The van der Waals surface area contributed by atoms with E-state index < -0.39 is 5.60 Å². The summed E-state index contributed by atoms with van der Waals surface area (Å²) in [7, 11) is 3.32. The van der Waals surface area contributed by atoms with E-state index in [-0.39, 0.29) is 6.73 Å². The van der Waals surface area contributed by atoms with Crippen LogP contribution >= 0.6 is 0 Å². The summed E-state index contributed by atoms with van der Waals surface area (Å²) in [5.74, 6) is 1.57. The number of aliphatic hydroxyl groups is 1. The fourth-order valence-corrected chi connectivity index (χ4v) is 3.64. The Balaban J connectivity index is 2.50. The van der Waals surface area contributed by atoms with Crippen molar-refractivity contribution in [3.63, 3.8) is 0 Å². The number of hydrogen-bond acceptors (Lipinski definition) is 6. The molecule has 0 amide bonds. The Bertz CT molecular complexity index is 812. The quantitative estimate of drug-likeness (QED) is 0.235. The van der Waals surface area contributed by atoms with E-state index in [9.17, 15) is 0 Å². The van der Waals surface area contributed by atoms with Gasteiger partial charge in [-0.2, -0.15) is 0 Å². The van der Waals surface area contributed by atoms with Crippen molar-refractivity contribution in [2.75, 3.05) is 47.3 Å². The summed E-state index contributed by atoms with van der Waals surface area (Å²) in [6.45, 7) is 5.96. The summed E-state index contributed by atoms with van der Waals surface area (Å²) in [6.07, 6.45) is 7.27. The molecule has 2 rings (SSSR count). The molecule has 0 aliphatic heterocycles. The molecule has 33 heavy (non-hydrogen) atoms. The number of rotatable bonds is 15. The molecule has 0 unspecified atom stereocenters. The van der Waals surface area contributed by atoms with E-state index in [1.807, 2.05) is 55.5 Å². The van der Waals surface area contributed by atoms with Gasteiger partial charge in [-0.05, 0) is 54.3 Å². The normalized spacial score (nSPS) is 12.3. The van der Waals surface area contributed by atoms with E-state index in [1.165, 1.54) is 0 Å². The molecule has 6 nitrogen and oxygen atoms in total. The van der Waals surface area contributed by atoms with Crippen molar-refractivity contribution in [1.29, 1.82) is 0 Å². The Labute approximate surface area is 197 Å². The highest BCUT2D eigenvalue weighted by atomic mass is 16.5. The maximum atomic E-state index is 8.84. The van der Waals surface area contributed by atoms with Gasteiger partial charge in [0.1, 0.15) is 17.1 Å². The summed E-state index contributed by atoms with van der Waals surface area (Å²) < 4.78 is 23.2. The molecule has 0 atom stereocenters. The Kier molecular flexibility index (Phi) is 11.7. The molecule has 0 aliphatic rings. The lowest BCUT2D eigenvalue weighted by molar-refractivity contribution is -0.0240. The first-order valence-electron chi connectivity index (χ1n) is 11.3. The molecule has 0 saturated carbocycles. The number of hydrogen-bond donors (Lipinski definition) is 2.